The molecule has 16 heavy (non-hydrogen) atoms. The summed E-state index contributed by atoms with van der Waals surface area (Å²) in [6.45, 7) is 0. The van der Waals surface area contributed by atoms with Crippen LogP contribution in [0.1, 0.15) is 12.0 Å². The van der Waals surface area contributed by atoms with Gasteiger partial charge in [-0.2, -0.15) is 0 Å². The van der Waals surface area contributed by atoms with Crippen LogP contribution in [-0.2, 0) is 10.7 Å². The molecule has 1 aromatic rings. The molecule has 1 aromatic carbocycles. The topological polar surface area (TPSA) is 46.5 Å². The van der Waals surface area contributed by atoms with Gasteiger partial charge in [0.1, 0.15) is 12.2 Å². The Morgan fingerprint density at radius 3 is 2.69 bits per heavy atom. The van der Waals surface area contributed by atoms with Gasteiger partial charge in [0.15, 0.2) is 0 Å². The third-order valence-electron chi connectivity index (χ3n) is 1.93. The Morgan fingerprint density at radius 1 is 1.56 bits per heavy atom. The van der Waals surface area contributed by atoms with Crippen LogP contribution < -0.4 is 4.74 Å². The fourth-order valence-electron chi connectivity index (χ4n) is 1.25. The number of benzene rings is 1. The van der Waals surface area contributed by atoms with E-state index in [0.717, 1.165) is 6.07 Å². The summed E-state index contributed by atoms with van der Waals surface area (Å²) in [5.41, 5.74) is -0.438. The standard InChI is InChI=1S/C10H9BrF2O3/c1-16-8-3-2-6(11)4-7(8)10(12,13)5-9(14)15/h2-4H,5H2,1H3,(H,14,15). The summed E-state index contributed by atoms with van der Waals surface area (Å²) in [6.07, 6.45) is -1.26. The van der Waals surface area contributed by atoms with Crippen molar-refractivity contribution in [1.82, 2.24) is 0 Å². The van der Waals surface area contributed by atoms with Gasteiger partial charge in [0.2, 0.25) is 0 Å². The highest BCUT2D eigenvalue weighted by atomic mass is 79.9. The van der Waals surface area contributed by atoms with E-state index in [-0.39, 0.29) is 5.75 Å². The van der Waals surface area contributed by atoms with Gasteiger partial charge in [0.05, 0.1) is 12.7 Å². The average molecular weight is 295 g/mol. The van der Waals surface area contributed by atoms with Crippen LogP contribution in [0.25, 0.3) is 0 Å². The fourth-order valence-corrected chi connectivity index (χ4v) is 1.61. The van der Waals surface area contributed by atoms with E-state index >= 15 is 0 Å². The molecule has 0 saturated heterocycles. The van der Waals surface area contributed by atoms with Crippen molar-refractivity contribution in [2.75, 3.05) is 7.11 Å². The third kappa shape index (κ3) is 2.91. The summed E-state index contributed by atoms with van der Waals surface area (Å²) < 4.78 is 32.3. The van der Waals surface area contributed by atoms with E-state index < -0.39 is 23.9 Å². The molecule has 0 aliphatic carbocycles. The maximum Gasteiger partial charge on any atom is 0.309 e. The molecule has 6 heteroatoms. The number of carboxylic acids is 1. The van der Waals surface area contributed by atoms with Gasteiger partial charge in [0.25, 0.3) is 5.92 Å². The van der Waals surface area contributed by atoms with Gasteiger partial charge in [0, 0.05) is 4.47 Å². The number of hydrogen-bond acceptors (Lipinski definition) is 2. The average Bonchev–Trinajstić information content (AvgIpc) is 2.15. The van der Waals surface area contributed by atoms with Gasteiger partial charge in [-0.05, 0) is 18.2 Å². The summed E-state index contributed by atoms with van der Waals surface area (Å²) in [4.78, 5) is 10.3. The van der Waals surface area contributed by atoms with Crippen molar-refractivity contribution in [3.05, 3.63) is 28.2 Å². The molecule has 1 rings (SSSR count). The van der Waals surface area contributed by atoms with Gasteiger partial charge in [-0.1, -0.05) is 15.9 Å². The Balaban J connectivity index is 3.18. The van der Waals surface area contributed by atoms with E-state index in [4.69, 9.17) is 9.84 Å². The second kappa shape index (κ2) is 4.78. The van der Waals surface area contributed by atoms with E-state index in [1.165, 1.54) is 13.2 Å². The Labute approximate surface area is 99.2 Å². The lowest BCUT2D eigenvalue weighted by atomic mass is 10.0. The molecule has 0 amide bonds. The molecule has 0 atom stereocenters. The van der Waals surface area contributed by atoms with Crippen molar-refractivity contribution in [2.45, 2.75) is 12.3 Å². The largest absolute Gasteiger partial charge is 0.496 e. The highest BCUT2D eigenvalue weighted by Crippen LogP contribution is 2.39. The van der Waals surface area contributed by atoms with Gasteiger partial charge < -0.3 is 9.84 Å². The normalized spacial score (nSPS) is 11.2. The molecule has 0 spiro atoms. The zero-order chi connectivity index (χ0) is 12.3. The van der Waals surface area contributed by atoms with Gasteiger partial charge in [-0.3, -0.25) is 4.79 Å². The number of hydrogen-bond donors (Lipinski definition) is 1. The number of alkyl halides is 2. The lowest BCUT2D eigenvalue weighted by molar-refractivity contribution is -0.145. The summed E-state index contributed by atoms with van der Waals surface area (Å²) in [5.74, 6) is -5.05. The lowest BCUT2D eigenvalue weighted by Crippen LogP contribution is -2.19. The number of carboxylic acid groups (broad SMARTS) is 1. The van der Waals surface area contributed by atoms with Crippen molar-refractivity contribution in [3.8, 4) is 5.75 Å². The van der Waals surface area contributed by atoms with Gasteiger partial charge >= 0.3 is 5.97 Å². The summed E-state index contributed by atoms with van der Waals surface area (Å²) >= 11 is 3.05. The number of aliphatic carboxylic acids is 1. The Kier molecular flexibility index (Phi) is 3.85. The molecule has 0 aliphatic heterocycles. The first-order valence-electron chi connectivity index (χ1n) is 4.30. The number of rotatable bonds is 4. The second-order valence-electron chi connectivity index (χ2n) is 3.12. The minimum atomic E-state index is -3.46. The number of halogens is 3. The van der Waals surface area contributed by atoms with E-state index in [1.54, 1.807) is 6.07 Å². The minimum Gasteiger partial charge on any atom is -0.496 e. The maximum atomic E-state index is 13.6. The number of carbonyl (C=O) groups is 1. The highest BCUT2D eigenvalue weighted by Gasteiger charge is 2.37. The number of ether oxygens (including phenoxy) is 1. The van der Waals surface area contributed by atoms with E-state index in [2.05, 4.69) is 15.9 Å². The van der Waals surface area contributed by atoms with Crippen LogP contribution in [0, 0.1) is 0 Å². The van der Waals surface area contributed by atoms with E-state index in [1.807, 2.05) is 0 Å². The van der Waals surface area contributed by atoms with Crippen LogP contribution in [0.4, 0.5) is 8.78 Å². The van der Waals surface area contributed by atoms with Crippen molar-refractivity contribution in [3.63, 3.8) is 0 Å². The molecule has 0 aliphatic rings. The van der Waals surface area contributed by atoms with Crippen LogP contribution >= 0.6 is 15.9 Å². The van der Waals surface area contributed by atoms with Crippen LogP contribution in [0.15, 0.2) is 22.7 Å². The zero-order valence-corrected chi connectivity index (χ0v) is 9.92. The van der Waals surface area contributed by atoms with E-state index in [9.17, 15) is 13.6 Å². The molecule has 88 valence electrons. The van der Waals surface area contributed by atoms with Crippen LogP contribution in [-0.4, -0.2) is 18.2 Å². The van der Waals surface area contributed by atoms with Crippen LogP contribution in [0.2, 0.25) is 0 Å². The fraction of sp³-hybridized carbons (Fsp3) is 0.300. The quantitative estimate of drug-likeness (QED) is 0.928. The van der Waals surface area contributed by atoms with Crippen molar-refractivity contribution >= 4 is 21.9 Å². The Bertz CT molecular complexity index is 407. The predicted molar refractivity (Wildman–Crippen MR) is 56.8 cm³/mol. The molecular formula is C10H9BrF2O3. The maximum absolute atomic E-state index is 13.6. The molecule has 0 aromatic heterocycles. The van der Waals surface area contributed by atoms with Crippen molar-refractivity contribution < 1.29 is 23.4 Å². The molecule has 0 fully saturated rings. The predicted octanol–water partition coefficient (Wildman–Crippen LogP) is 3.02. The van der Waals surface area contributed by atoms with Crippen LogP contribution in [0.5, 0.6) is 5.75 Å². The summed E-state index contributed by atoms with van der Waals surface area (Å²) in [6, 6.07) is 4.05. The first-order valence-corrected chi connectivity index (χ1v) is 5.10. The van der Waals surface area contributed by atoms with E-state index in [0.29, 0.717) is 4.47 Å². The highest BCUT2D eigenvalue weighted by molar-refractivity contribution is 9.10. The number of methoxy groups -OCH3 is 1. The lowest BCUT2D eigenvalue weighted by Gasteiger charge is -2.17. The second-order valence-corrected chi connectivity index (χ2v) is 4.04. The monoisotopic (exact) mass is 294 g/mol. The first kappa shape index (κ1) is 12.9. The Morgan fingerprint density at radius 2 is 2.19 bits per heavy atom. The third-order valence-corrected chi connectivity index (χ3v) is 2.42. The molecule has 1 N–H and O–H groups in total. The smallest absolute Gasteiger partial charge is 0.309 e. The molecule has 0 unspecified atom stereocenters. The van der Waals surface area contributed by atoms with Gasteiger partial charge in [-0.25, -0.2) is 8.78 Å². The molecule has 0 radical (unpaired) electrons. The van der Waals surface area contributed by atoms with Gasteiger partial charge in [-0.15, -0.1) is 0 Å². The molecule has 0 saturated carbocycles. The van der Waals surface area contributed by atoms with Crippen molar-refractivity contribution in [1.29, 1.82) is 0 Å². The first-order chi connectivity index (χ1) is 7.36. The van der Waals surface area contributed by atoms with Crippen molar-refractivity contribution in [2.24, 2.45) is 0 Å². The zero-order valence-electron chi connectivity index (χ0n) is 8.34. The summed E-state index contributed by atoms with van der Waals surface area (Å²) in [7, 11) is 1.25. The SMILES string of the molecule is COc1ccc(Br)cc1C(F)(F)CC(=O)O. The Hall–Kier alpha value is -1.17. The molecule has 0 heterocycles. The minimum absolute atomic E-state index is 0.0329. The molecular weight excluding hydrogens is 286 g/mol. The molecule has 3 nitrogen and oxygen atoms in total. The molecule has 0 bridgehead atoms. The van der Waals surface area contributed by atoms with Crippen LogP contribution in [0.3, 0.4) is 0 Å². The summed E-state index contributed by atoms with van der Waals surface area (Å²) in [5, 5.41) is 8.41.